The van der Waals surface area contributed by atoms with Crippen molar-refractivity contribution in [1.29, 1.82) is 0 Å². The third kappa shape index (κ3) is 4.36. The van der Waals surface area contributed by atoms with Crippen molar-refractivity contribution < 1.29 is 14.3 Å². The normalized spacial score (nSPS) is 11.4. The number of amides is 1. The number of para-hydroxylation sites is 1. The van der Waals surface area contributed by atoms with Crippen molar-refractivity contribution in [3.8, 4) is 11.1 Å². The molecule has 0 aliphatic heterocycles. The standard InChI is InChI=1S/C22H19NO3/c24-15-19(17-9-3-1-4-10-17)16-26-22(25)23-21-14-8-7-13-20(21)18-11-5-2-6-12-18/h1-15,19H,16H2,(H,23,25). The molecule has 1 amide bonds. The fraction of sp³-hybridized carbons (Fsp3) is 0.0909. The Balaban J connectivity index is 1.67. The van der Waals surface area contributed by atoms with Crippen LogP contribution >= 0.6 is 0 Å². The van der Waals surface area contributed by atoms with Gasteiger partial charge in [-0.3, -0.25) is 5.32 Å². The summed E-state index contributed by atoms with van der Waals surface area (Å²) in [5.74, 6) is -0.480. The van der Waals surface area contributed by atoms with Gasteiger partial charge in [0.25, 0.3) is 0 Å². The van der Waals surface area contributed by atoms with Gasteiger partial charge in [0, 0.05) is 5.56 Å². The maximum absolute atomic E-state index is 12.2. The van der Waals surface area contributed by atoms with Crippen molar-refractivity contribution in [2.45, 2.75) is 5.92 Å². The van der Waals surface area contributed by atoms with E-state index < -0.39 is 12.0 Å². The van der Waals surface area contributed by atoms with Crippen LogP contribution in [-0.4, -0.2) is 19.0 Å². The zero-order chi connectivity index (χ0) is 18.2. The van der Waals surface area contributed by atoms with Crippen molar-refractivity contribution in [3.05, 3.63) is 90.5 Å². The summed E-state index contributed by atoms with van der Waals surface area (Å²) in [6, 6.07) is 26.5. The number of aldehydes is 1. The minimum absolute atomic E-state index is 0.00709. The van der Waals surface area contributed by atoms with E-state index in [0.717, 1.165) is 23.0 Å². The smallest absolute Gasteiger partial charge is 0.411 e. The second-order valence-corrected chi connectivity index (χ2v) is 5.79. The van der Waals surface area contributed by atoms with E-state index in [9.17, 15) is 9.59 Å². The van der Waals surface area contributed by atoms with Gasteiger partial charge in [0.2, 0.25) is 0 Å². The molecule has 0 spiro atoms. The van der Waals surface area contributed by atoms with E-state index >= 15 is 0 Å². The number of carbonyl (C=O) groups is 2. The van der Waals surface area contributed by atoms with Crippen molar-refractivity contribution in [2.75, 3.05) is 11.9 Å². The molecule has 0 bridgehead atoms. The molecule has 4 nitrogen and oxygen atoms in total. The van der Waals surface area contributed by atoms with Crippen LogP contribution < -0.4 is 5.32 Å². The molecule has 3 rings (SSSR count). The van der Waals surface area contributed by atoms with Gasteiger partial charge in [-0.05, 0) is 17.2 Å². The number of ether oxygens (including phenoxy) is 1. The summed E-state index contributed by atoms with van der Waals surface area (Å²) in [6.45, 7) is -0.00709. The molecule has 1 atom stereocenters. The Morgan fingerprint density at radius 2 is 1.50 bits per heavy atom. The third-order valence-electron chi connectivity index (χ3n) is 4.03. The molecule has 0 heterocycles. The predicted octanol–water partition coefficient (Wildman–Crippen LogP) is 4.88. The van der Waals surface area contributed by atoms with Crippen molar-refractivity contribution >= 4 is 18.1 Å². The quantitative estimate of drug-likeness (QED) is 0.648. The van der Waals surface area contributed by atoms with E-state index in [-0.39, 0.29) is 6.61 Å². The maximum Gasteiger partial charge on any atom is 0.411 e. The van der Waals surface area contributed by atoms with Crippen LogP contribution in [0, 0.1) is 0 Å². The lowest BCUT2D eigenvalue weighted by Gasteiger charge is -2.14. The summed E-state index contributed by atoms with van der Waals surface area (Å²) in [5, 5.41) is 2.76. The number of benzene rings is 3. The molecule has 1 N–H and O–H groups in total. The molecule has 0 aliphatic carbocycles. The first kappa shape index (κ1) is 17.4. The Hall–Kier alpha value is -3.40. The third-order valence-corrected chi connectivity index (χ3v) is 4.03. The molecule has 3 aromatic carbocycles. The number of rotatable bonds is 6. The molecule has 130 valence electrons. The van der Waals surface area contributed by atoms with E-state index in [1.807, 2.05) is 84.9 Å². The second-order valence-electron chi connectivity index (χ2n) is 5.79. The van der Waals surface area contributed by atoms with Crippen molar-refractivity contribution in [3.63, 3.8) is 0 Å². The first-order valence-electron chi connectivity index (χ1n) is 8.36. The molecule has 4 heteroatoms. The molecule has 3 aromatic rings. The Morgan fingerprint density at radius 3 is 2.19 bits per heavy atom. The highest BCUT2D eigenvalue weighted by atomic mass is 16.5. The number of hydrogen-bond donors (Lipinski definition) is 1. The minimum Gasteiger partial charge on any atom is -0.448 e. The lowest BCUT2D eigenvalue weighted by Crippen LogP contribution is -2.19. The number of hydrogen-bond acceptors (Lipinski definition) is 3. The molecule has 0 radical (unpaired) electrons. The van der Waals surface area contributed by atoms with Crippen molar-refractivity contribution in [2.24, 2.45) is 0 Å². The fourth-order valence-corrected chi connectivity index (χ4v) is 2.69. The first-order chi connectivity index (χ1) is 12.8. The molecule has 0 fully saturated rings. The van der Waals surface area contributed by atoms with Crippen molar-refractivity contribution in [1.82, 2.24) is 0 Å². The Bertz CT molecular complexity index is 863. The minimum atomic E-state index is -0.587. The van der Waals surface area contributed by atoms with E-state index in [0.29, 0.717) is 5.69 Å². The SMILES string of the molecule is O=CC(COC(=O)Nc1ccccc1-c1ccccc1)c1ccccc1. The summed E-state index contributed by atoms with van der Waals surface area (Å²) in [6.07, 6.45) is 0.205. The monoisotopic (exact) mass is 345 g/mol. The zero-order valence-electron chi connectivity index (χ0n) is 14.2. The van der Waals surface area contributed by atoms with Gasteiger partial charge in [-0.1, -0.05) is 78.9 Å². The lowest BCUT2D eigenvalue weighted by molar-refractivity contribution is -0.109. The highest BCUT2D eigenvalue weighted by Crippen LogP contribution is 2.27. The average Bonchev–Trinajstić information content (AvgIpc) is 2.70. The molecule has 0 aromatic heterocycles. The summed E-state index contributed by atoms with van der Waals surface area (Å²) < 4.78 is 5.26. The highest BCUT2D eigenvalue weighted by Gasteiger charge is 2.14. The predicted molar refractivity (Wildman–Crippen MR) is 102 cm³/mol. The van der Waals surface area contributed by atoms with Crippen LogP contribution in [0.5, 0.6) is 0 Å². The van der Waals surface area contributed by atoms with E-state index in [2.05, 4.69) is 5.32 Å². The van der Waals surface area contributed by atoms with Gasteiger partial charge in [0.05, 0.1) is 11.6 Å². The van der Waals surface area contributed by atoms with Gasteiger partial charge in [-0.2, -0.15) is 0 Å². The van der Waals surface area contributed by atoms with Crippen LogP contribution in [0.15, 0.2) is 84.9 Å². The maximum atomic E-state index is 12.2. The van der Waals surface area contributed by atoms with Crippen LogP contribution in [0.1, 0.15) is 11.5 Å². The first-order valence-corrected chi connectivity index (χ1v) is 8.36. The van der Waals surface area contributed by atoms with Gasteiger partial charge < -0.3 is 9.53 Å². The van der Waals surface area contributed by atoms with Gasteiger partial charge in [0.15, 0.2) is 0 Å². The molecular weight excluding hydrogens is 326 g/mol. The van der Waals surface area contributed by atoms with Gasteiger partial charge in [-0.15, -0.1) is 0 Å². The van der Waals surface area contributed by atoms with Crippen LogP contribution in [0.2, 0.25) is 0 Å². The lowest BCUT2D eigenvalue weighted by atomic mass is 10.0. The molecule has 0 saturated carbocycles. The van der Waals surface area contributed by atoms with Gasteiger partial charge >= 0.3 is 6.09 Å². The Kier molecular flexibility index (Phi) is 5.78. The number of carbonyl (C=O) groups excluding carboxylic acids is 2. The van der Waals surface area contributed by atoms with Crippen LogP contribution in [-0.2, 0) is 9.53 Å². The number of nitrogens with one attached hydrogen (secondary N) is 1. The largest absolute Gasteiger partial charge is 0.448 e. The average molecular weight is 345 g/mol. The van der Waals surface area contributed by atoms with Crippen LogP contribution in [0.25, 0.3) is 11.1 Å². The fourth-order valence-electron chi connectivity index (χ4n) is 2.69. The van der Waals surface area contributed by atoms with Crippen LogP contribution in [0.3, 0.4) is 0 Å². The second kappa shape index (κ2) is 8.62. The molecular formula is C22H19NO3. The zero-order valence-corrected chi connectivity index (χ0v) is 14.2. The van der Waals surface area contributed by atoms with Crippen LogP contribution in [0.4, 0.5) is 10.5 Å². The topological polar surface area (TPSA) is 55.4 Å². The molecule has 26 heavy (non-hydrogen) atoms. The Morgan fingerprint density at radius 1 is 0.885 bits per heavy atom. The molecule has 1 unspecified atom stereocenters. The summed E-state index contributed by atoms with van der Waals surface area (Å²) in [4.78, 5) is 23.5. The summed E-state index contributed by atoms with van der Waals surface area (Å²) >= 11 is 0. The van der Waals surface area contributed by atoms with Gasteiger partial charge in [-0.25, -0.2) is 4.79 Å². The summed E-state index contributed by atoms with van der Waals surface area (Å²) in [5.41, 5.74) is 3.38. The van der Waals surface area contributed by atoms with E-state index in [1.165, 1.54) is 0 Å². The Labute approximate surface area is 152 Å². The molecule has 0 saturated heterocycles. The van der Waals surface area contributed by atoms with Gasteiger partial charge in [0.1, 0.15) is 12.9 Å². The number of anilines is 1. The van der Waals surface area contributed by atoms with E-state index in [1.54, 1.807) is 0 Å². The molecule has 0 aliphatic rings. The summed E-state index contributed by atoms with van der Waals surface area (Å²) in [7, 11) is 0. The van der Waals surface area contributed by atoms with E-state index in [4.69, 9.17) is 4.74 Å². The highest BCUT2D eigenvalue weighted by molar-refractivity contribution is 5.91.